The van der Waals surface area contributed by atoms with Crippen LogP contribution in [0.1, 0.15) is 28.6 Å². The van der Waals surface area contributed by atoms with Crippen molar-refractivity contribution in [2.45, 2.75) is 38.1 Å². The summed E-state index contributed by atoms with van der Waals surface area (Å²) < 4.78 is 9.15. The van der Waals surface area contributed by atoms with Gasteiger partial charge in [-0.05, 0) is 49.6 Å². The zero-order valence-corrected chi connectivity index (χ0v) is 20.6. The van der Waals surface area contributed by atoms with Crippen molar-refractivity contribution in [3.05, 3.63) is 80.8 Å². The highest BCUT2D eigenvalue weighted by molar-refractivity contribution is 7.98. The van der Waals surface area contributed by atoms with Crippen LogP contribution in [0, 0.1) is 13.8 Å². The second-order valence-corrected chi connectivity index (χ2v) is 9.89. The summed E-state index contributed by atoms with van der Waals surface area (Å²) >= 11 is 3.13. The highest BCUT2D eigenvalue weighted by Crippen LogP contribution is 2.32. The maximum absolute atomic E-state index is 13.8. The summed E-state index contributed by atoms with van der Waals surface area (Å²) in [4.78, 5) is 25.5. The summed E-state index contributed by atoms with van der Waals surface area (Å²) in [6, 6.07) is 11.6. The Morgan fingerprint density at radius 3 is 2.76 bits per heavy atom. The van der Waals surface area contributed by atoms with Crippen molar-refractivity contribution >= 4 is 39.0 Å². The van der Waals surface area contributed by atoms with Gasteiger partial charge in [-0.2, -0.15) is 0 Å². The third kappa shape index (κ3) is 3.83. The number of aryl methyl sites for hydroxylation is 3. The van der Waals surface area contributed by atoms with Gasteiger partial charge in [0.2, 0.25) is 0 Å². The van der Waals surface area contributed by atoms with Crippen LogP contribution in [0.2, 0.25) is 0 Å². The Bertz CT molecular complexity index is 1550. The molecule has 0 aliphatic heterocycles. The first kappa shape index (κ1) is 21.7. The van der Waals surface area contributed by atoms with Gasteiger partial charge in [0.15, 0.2) is 5.16 Å². The van der Waals surface area contributed by atoms with E-state index in [1.165, 1.54) is 16.6 Å². The van der Waals surface area contributed by atoms with Crippen LogP contribution in [-0.4, -0.2) is 26.0 Å². The molecule has 4 aromatic heterocycles. The van der Waals surface area contributed by atoms with Crippen molar-refractivity contribution < 1.29 is 4.74 Å². The van der Waals surface area contributed by atoms with Gasteiger partial charge in [0.25, 0.3) is 5.56 Å². The van der Waals surface area contributed by atoms with Gasteiger partial charge in [-0.1, -0.05) is 30.8 Å². The molecule has 1 aromatic carbocycles. The van der Waals surface area contributed by atoms with E-state index < -0.39 is 0 Å². The Balaban J connectivity index is 1.64. The number of pyridine rings is 1. The Labute approximate surface area is 199 Å². The normalized spacial score (nSPS) is 11.5. The number of nitrogens with zero attached hydrogens (tertiary/aromatic N) is 4. The minimum absolute atomic E-state index is 0.0463. The van der Waals surface area contributed by atoms with Crippen molar-refractivity contribution in [1.29, 1.82) is 0 Å². The molecule has 0 saturated heterocycles. The van der Waals surface area contributed by atoms with Gasteiger partial charge in [-0.3, -0.25) is 9.36 Å². The van der Waals surface area contributed by atoms with E-state index in [-0.39, 0.29) is 5.56 Å². The van der Waals surface area contributed by atoms with Crippen molar-refractivity contribution in [3.8, 4) is 11.4 Å². The molecule has 0 N–H and O–H groups in total. The zero-order valence-electron chi connectivity index (χ0n) is 19.0. The Kier molecular flexibility index (Phi) is 5.72. The zero-order chi connectivity index (χ0) is 23.1. The van der Waals surface area contributed by atoms with E-state index in [4.69, 9.17) is 14.7 Å². The highest BCUT2D eigenvalue weighted by Gasteiger charge is 2.19. The second kappa shape index (κ2) is 8.68. The van der Waals surface area contributed by atoms with Crippen molar-refractivity contribution in [2.75, 3.05) is 7.11 Å². The molecule has 5 aromatic rings. The first-order chi connectivity index (χ1) is 16.0. The third-order valence-electron chi connectivity index (χ3n) is 5.74. The second-order valence-electron chi connectivity index (χ2n) is 7.86. The molecule has 0 atom stereocenters. The quantitative estimate of drug-likeness (QED) is 0.237. The van der Waals surface area contributed by atoms with Crippen LogP contribution in [0.4, 0.5) is 0 Å². The molecule has 0 radical (unpaired) electrons. The van der Waals surface area contributed by atoms with E-state index in [1.807, 2.05) is 54.0 Å². The van der Waals surface area contributed by atoms with E-state index in [2.05, 4.69) is 19.9 Å². The van der Waals surface area contributed by atoms with Gasteiger partial charge in [-0.15, -0.1) is 11.3 Å². The number of imidazole rings is 1. The van der Waals surface area contributed by atoms with Crippen LogP contribution in [0.3, 0.4) is 0 Å². The highest BCUT2D eigenvalue weighted by atomic mass is 32.2. The molecule has 0 spiro atoms. The lowest BCUT2D eigenvalue weighted by atomic mass is 10.2. The maximum atomic E-state index is 13.8. The fourth-order valence-corrected chi connectivity index (χ4v) is 6.09. The van der Waals surface area contributed by atoms with Crippen LogP contribution in [-0.2, 0) is 12.2 Å². The molecule has 6 nitrogen and oxygen atoms in total. The van der Waals surface area contributed by atoms with Gasteiger partial charge < -0.3 is 9.14 Å². The molecule has 0 unspecified atom stereocenters. The lowest BCUT2D eigenvalue weighted by molar-refractivity contribution is 0.414. The fourth-order valence-electron chi connectivity index (χ4n) is 4.03. The largest absolute Gasteiger partial charge is 0.497 e. The molecule has 0 aliphatic rings. The summed E-state index contributed by atoms with van der Waals surface area (Å²) in [6.45, 7) is 6.18. The molecule has 0 bridgehead atoms. The van der Waals surface area contributed by atoms with Crippen LogP contribution < -0.4 is 10.3 Å². The van der Waals surface area contributed by atoms with Gasteiger partial charge in [0.1, 0.15) is 16.2 Å². The van der Waals surface area contributed by atoms with Gasteiger partial charge in [0.05, 0.1) is 23.9 Å². The number of thioether (sulfide) groups is 1. The van der Waals surface area contributed by atoms with E-state index >= 15 is 0 Å². The molecule has 0 fully saturated rings. The minimum Gasteiger partial charge on any atom is -0.497 e. The Hall–Kier alpha value is -3.10. The molecule has 0 saturated carbocycles. The molecular formula is C25H24N4O2S2. The van der Waals surface area contributed by atoms with Crippen LogP contribution in [0.15, 0.2) is 58.7 Å². The number of thiophene rings is 1. The van der Waals surface area contributed by atoms with Gasteiger partial charge >= 0.3 is 0 Å². The molecule has 168 valence electrons. The fraction of sp³-hybridized carbons (Fsp3) is 0.240. The molecule has 33 heavy (non-hydrogen) atoms. The number of methoxy groups -OCH3 is 1. The van der Waals surface area contributed by atoms with Gasteiger partial charge in [-0.25, -0.2) is 9.97 Å². The molecule has 0 aliphatic carbocycles. The number of ether oxygens (including phenoxy) is 1. The number of benzene rings is 1. The SMILES string of the molecule is CCc1sc2nc(SCc3cn4cccc(C)c4n3)n(-c3cccc(OC)c3)c(=O)c2c1C. The lowest BCUT2D eigenvalue weighted by Crippen LogP contribution is -2.21. The summed E-state index contributed by atoms with van der Waals surface area (Å²) in [7, 11) is 1.63. The minimum atomic E-state index is -0.0463. The van der Waals surface area contributed by atoms with Crippen LogP contribution in [0.5, 0.6) is 5.75 Å². The number of rotatable bonds is 6. The first-order valence-electron chi connectivity index (χ1n) is 10.8. The summed E-state index contributed by atoms with van der Waals surface area (Å²) in [5, 5.41) is 1.35. The topological polar surface area (TPSA) is 61.4 Å². The molecule has 4 heterocycles. The maximum Gasteiger partial charge on any atom is 0.267 e. The van der Waals surface area contributed by atoms with Crippen molar-refractivity contribution in [3.63, 3.8) is 0 Å². The summed E-state index contributed by atoms with van der Waals surface area (Å²) in [6.07, 6.45) is 4.92. The smallest absolute Gasteiger partial charge is 0.267 e. The average Bonchev–Trinajstić information content (AvgIpc) is 3.39. The van der Waals surface area contributed by atoms with Crippen LogP contribution in [0.25, 0.3) is 21.6 Å². The van der Waals surface area contributed by atoms with E-state index in [9.17, 15) is 4.79 Å². The van der Waals surface area contributed by atoms with Gasteiger partial charge in [0, 0.05) is 29.1 Å². The molecular weight excluding hydrogens is 452 g/mol. The van der Waals surface area contributed by atoms with Crippen molar-refractivity contribution in [1.82, 2.24) is 18.9 Å². The summed E-state index contributed by atoms with van der Waals surface area (Å²) in [5.74, 6) is 1.30. The number of hydrogen-bond donors (Lipinski definition) is 0. The first-order valence-corrected chi connectivity index (χ1v) is 12.6. The predicted molar refractivity (Wildman–Crippen MR) is 135 cm³/mol. The average molecular weight is 477 g/mol. The third-order valence-corrected chi connectivity index (χ3v) is 8.04. The number of hydrogen-bond acceptors (Lipinski definition) is 6. The van der Waals surface area contributed by atoms with E-state index in [0.29, 0.717) is 22.0 Å². The number of fused-ring (bicyclic) bond motifs is 2. The number of aromatic nitrogens is 4. The van der Waals surface area contributed by atoms with Crippen molar-refractivity contribution in [2.24, 2.45) is 0 Å². The van der Waals surface area contributed by atoms with E-state index in [0.717, 1.165) is 39.4 Å². The monoisotopic (exact) mass is 476 g/mol. The molecule has 8 heteroatoms. The Morgan fingerprint density at radius 2 is 2.00 bits per heavy atom. The predicted octanol–water partition coefficient (Wildman–Crippen LogP) is 5.58. The van der Waals surface area contributed by atoms with Crippen LogP contribution >= 0.6 is 23.1 Å². The molecule has 5 rings (SSSR count). The standard InChI is InChI=1S/C25H24N4O2S2/c1-5-20-16(3)21-23(33-20)27-25(29(24(21)30)18-9-6-10-19(12-18)31-4)32-14-17-13-28-11-7-8-15(2)22(28)26-17/h6-13H,5,14H2,1-4H3. The Morgan fingerprint density at radius 1 is 1.15 bits per heavy atom. The van der Waals surface area contributed by atoms with E-state index in [1.54, 1.807) is 23.0 Å². The molecule has 0 amide bonds. The summed E-state index contributed by atoms with van der Waals surface area (Å²) in [5.41, 5.74) is 4.74. The lowest BCUT2D eigenvalue weighted by Gasteiger charge is -2.13.